The summed E-state index contributed by atoms with van der Waals surface area (Å²) in [7, 11) is -1.99. The van der Waals surface area contributed by atoms with E-state index >= 15 is 0 Å². The van der Waals surface area contributed by atoms with Gasteiger partial charge in [0.2, 0.25) is 9.84 Å². The number of rotatable bonds is 4. The highest BCUT2D eigenvalue weighted by molar-refractivity contribution is 7.92. The molecule has 4 rings (SSSR count). The second kappa shape index (κ2) is 8.19. The number of para-hydroxylation sites is 2. The zero-order valence-electron chi connectivity index (χ0n) is 16.4. The Balaban J connectivity index is 1.87. The predicted molar refractivity (Wildman–Crippen MR) is 116 cm³/mol. The van der Waals surface area contributed by atoms with Crippen molar-refractivity contribution in [1.29, 1.82) is 5.26 Å². The van der Waals surface area contributed by atoms with Crippen molar-refractivity contribution in [1.82, 2.24) is 14.9 Å². The predicted octanol–water partition coefficient (Wildman–Crippen LogP) is 3.07. The van der Waals surface area contributed by atoms with Crippen molar-refractivity contribution in [2.75, 3.05) is 38.1 Å². The molecule has 3 aromatic rings. The maximum Gasteiger partial charge on any atom is 0.200 e. The zero-order chi connectivity index (χ0) is 21.3. The van der Waals surface area contributed by atoms with Crippen LogP contribution in [-0.2, 0) is 9.84 Å². The molecule has 0 N–H and O–H groups in total. The van der Waals surface area contributed by atoms with Crippen LogP contribution in [0.3, 0.4) is 0 Å². The molecule has 0 aliphatic carbocycles. The molecule has 1 fully saturated rings. The normalized spacial score (nSPS) is 16.4. The number of halogens is 1. The summed E-state index contributed by atoms with van der Waals surface area (Å²) in [6.07, 6.45) is 0. The number of sulfone groups is 1. The van der Waals surface area contributed by atoms with Gasteiger partial charge in [0.25, 0.3) is 0 Å². The topological polar surface area (TPSA) is 90.2 Å². The van der Waals surface area contributed by atoms with Gasteiger partial charge in [0.15, 0.2) is 11.1 Å². The van der Waals surface area contributed by atoms with Crippen LogP contribution in [0.4, 0.5) is 5.82 Å². The molecule has 7 nitrogen and oxygen atoms in total. The van der Waals surface area contributed by atoms with Gasteiger partial charge in [-0.15, -0.1) is 0 Å². The molecule has 0 amide bonds. The quantitative estimate of drug-likeness (QED) is 0.614. The van der Waals surface area contributed by atoms with Crippen LogP contribution in [0.2, 0.25) is 5.02 Å². The molecule has 1 aliphatic heterocycles. The number of hydrogen-bond donors (Lipinski definition) is 0. The summed E-state index contributed by atoms with van der Waals surface area (Å²) in [6, 6.07) is 15.0. The van der Waals surface area contributed by atoms with E-state index in [1.165, 1.54) is 24.3 Å². The molecule has 0 spiro atoms. The summed E-state index contributed by atoms with van der Waals surface area (Å²) in [5, 5.41) is 8.86. The van der Waals surface area contributed by atoms with Crippen LogP contribution in [0.1, 0.15) is 10.9 Å². The van der Waals surface area contributed by atoms with E-state index in [1.54, 1.807) is 6.07 Å². The van der Waals surface area contributed by atoms with Crippen molar-refractivity contribution in [3.8, 4) is 6.07 Å². The monoisotopic (exact) mass is 441 g/mol. The fourth-order valence-corrected chi connectivity index (χ4v) is 4.97. The van der Waals surface area contributed by atoms with Crippen molar-refractivity contribution in [3.63, 3.8) is 0 Å². The number of benzene rings is 2. The number of nitriles is 1. The fourth-order valence-electron chi connectivity index (χ4n) is 3.47. The molecular weight excluding hydrogens is 422 g/mol. The van der Waals surface area contributed by atoms with Crippen molar-refractivity contribution < 1.29 is 8.42 Å². The summed E-state index contributed by atoms with van der Waals surface area (Å²) in [6.45, 7) is 2.98. The number of aromatic nitrogens is 2. The number of hydrogen-bond acceptors (Lipinski definition) is 7. The SMILES string of the molecule is CN1CCN(c2nc3ccccc3nc2[C@H](C#N)S(=O)(=O)c2ccc(Cl)cc2)CC1. The van der Waals surface area contributed by atoms with Gasteiger partial charge in [-0.2, -0.15) is 5.26 Å². The van der Waals surface area contributed by atoms with Crippen LogP contribution in [0.15, 0.2) is 53.4 Å². The third kappa shape index (κ3) is 3.84. The van der Waals surface area contributed by atoms with E-state index in [1.807, 2.05) is 36.2 Å². The largest absolute Gasteiger partial charge is 0.352 e. The number of likely N-dealkylation sites (N-methyl/N-ethyl adjacent to an activating group) is 1. The number of piperazine rings is 1. The molecule has 9 heteroatoms. The Labute approximate surface area is 180 Å². The standard InChI is InChI=1S/C21H20ClN5O2S/c1-26-10-12-27(13-11-26)21-20(24-17-4-2-3-5-18(17)25-21)19(14-23)30(28,29)16-8-6-15(22)7-9-16/h2-9,19H,10-13H2,1H3/t19-/m0/s1. The van der Waals surface area contributed by atoms with Gasteiger partial charge in [0.1, 0.15) is 5.69 Å². The van der Waals surface area contributed by atoms with Crippen LogP contribution < -0.4 is 4.90 Å². The van der Waals surface area contributed by atoms with Crippen molar-refractivity contribution >= 4 is 38.3 Å². The molecule has 0 unspecified atom stereocenters. The van der Waals surface area contributed by atoms with Crippen molar-refractivity contribution in [3.05, 3.63) is 59.2 Å². The van der Waals surface area contributed by atoms with E-state index in [0.29, 0.717) is 35.0 Å². The zero-order valence-corrected chi connectivity index (χ0v) is 17.9. The summed E-state index contributed by atoms with van der Waals surface area (Å²) >= 11 is 5.90. The lowest BCUT2D eigenvalue weighted by Crippen LogP contribution is -2.45. The number of anilines is 1. The van der Waals surface area contributed by atoms with Gasteiger partial charge >= 0.3 is 0 Å². The summed E-state index contributed by atoms with van der Waals surface area (Å²) in [5.74, 6) is 0.450. The van der Waals surface area contributed by atoms with Crippen LogP contribution >= 0.6 is 11.6 Å². The summed E-state index contributed by atoms with van der Waals surface area (Å²) in [5.41, 5.74) is 1.38. The van der Waals surface area contributed by atoms with E-state index in [2.05, 4.69) is 9.88 Å². The molecule has 2 heterocycles. The first-order valence-corrected chi connectivity index (χ1v) is 11.4. The lowest BCUT2D eigenvalue weighted by molar-refractivity contribution is 0.312. The van der Waals surface area contributed by atoms with Crippen LogP contribution in [0, 0.1) is 11.3 Å². The van der Waals surface area contributed by atoms with Crippen molar-refractivity contribution in [2.24, 2.45) is 0 Å². The number of fused-ring (bicyclic) bond motifs is 1. The Hall–Kier alpha value is -2.73. The van der Waals surface area contributed by atoms with E-state index < -0.39 is 15.1 Å². The average molecular weight is 442 g/mol. The van der Waals surface area contributed by atoms with E-state index in [4.69, 9.17) is 16.6 Å². The summed E-state index contributed by atoms with van der Waals surface area (Å²) < 4.78 is 26.7. The second-order valence-corrected chi connectivity index (χ2v) is 9.69. The van der Waals surface area contributed by atoms with Gasteiger partial charge in [-0.05, 0) is 43.4 Å². The van der Waals surface area contributed by atoms with Gasteiger partial charge in [0.05, 0.1) is 22.0 Å². The Bertz CT molecular complexity index is 1220. The van der Waals surface area contributed by atoms with Gasteiger partial charge in [0, 0.05) is 31.2 Å². The molecule has 0 saturated carbocycles. The smallest absolute Gasteiger partial charge is 0.200 e. The first-order chi connectivity index (χ1) is 14.4. The first kappa shape index (κ1) is 20.5. The lowest BCUT2D eigenvalue weighted by atomic mass is 10.2. The highest BCUT2D eigenvalue weighted by atomic mass is 35.5. The Morgan fingerprint density at radius 2 is 1.60 bits per heavy atom. The molecule has 154 valence electrons. The van der Waals surface area contributed by atoms with Crippen LogP contribution in [0.5, 0.6) is 0 Å². The summed E-state index contributed by atoms with van der Waals surface area (Å²) in [4.78, 5) is 13.6. The van der Waals surface area contributed by atoms with E-state index in [-0.39, 0.29) is 10.6 Å². The molecule has 1 saturated heterocycles. The van der Waals surface area contributed by atoms with Gasteiger partial charge in [-0.1, -0.05) is 23.7 Å². The third-order valence-corrected chi connectivity index (χ3v) is 7.33. The van der Waals surface area contributed by atoms with Crippen molar-refractivity contribution in [2.45, 2.75) is 10.1 Å². The maximum absolute atomic E-state index is 13.3. The highest BCUT2D eigenvalue weighted by Crippen LogP contribution is 2.34. The minimum atomic E-state index is -4.02. The number of nitrogens with zero attached hydrogens (tertiary/aromatic N) is 5. The minimum absolute atomic E-state index is 0.0257. The Kier molecular flexibility index (Phi) is 5.60. The van der Waals surface area contributed by atoms with Gasteiger partial charge in [-0.3, -0.25) is 0 Å². The molecule has 0 radical (unpaired) electrons. The molecule has 1 aromatic heterocycles. The fraction of sp³-hybridized carbons (Fsp3) is 0.286. The minimum Gasteiger partial charge on any atom is -0.352 e. The van der Waals surface area contributed by atoms with Crippen LogP contribution in [-0.4, -0.2) is 56.5 Å². The van der Waals surface area contributed by atoms with E-state index in [0.717, 1.165) is 13.1 Å². The Morgan fingerprint density at radius 3 is 2.20 bits per heavy atom. The van der Waals surface area contributed by atoms with E-state index in [9.17, 15) is 13.7 Å². The average Bonchev–Trinajstić information content (AvgIpc) is 2.74. The molecule has 1 atom stereocenters. The lowest BCUT2D eigenvalue weighted by Gasteiger charge is -2.34. The second-order valence-electron chi connectivity index (χ2n) is 7.22. The molecular formula is C21H20ClN5O2S. The molecule has 30 heavy (non-hydrogen) atoms. The third-order valence-electron chi connectivity index (χ3n) is 5.20. The van der Waals surface area contributed by atoms with Crippen LogP contribution in [0.25, 0.3) is 11.0 Å². The van der Waals surface area contributed by atoms with Gasteiger partial charge in [-0.25, -0.2) is 18.4 Å². The molecule has 1 aliphatic rings. The highest BCUT2D eigenvalue weighted by Gasteiger charge is 2.35. The first-order valence-electron chi connectivity index (χ1n) is 9.49. The molecule has 0 bridgehead atoms. The molecule has 2 aromatic carbocycles. The Morgan fingerprint density at radius 1 is 1.00 bits per heavy atom. The maximum atomic E-state index is 13.3. The van der Waals surface area contributed by atoms with Gasteiger partial charge < -0.3 is 9.80 Å².